The SMILES string of the molecule is Cc1ccc(OC2CCN(C(=O)c3cnn4c3OCCC4)C2)nn1. The highest BCUT2D eigenvalue weighted by Gasteiger charge is 2.32. The summed E-state index contributed by atoms with van der Waals surface area (Å²) in [5.74, 6) is 1.02. The molecule has 4 heterocycles. The van der Waals surface area contributed by atoms with Crippen molar-refractivity contribution in [1.82, 2.24) is 24.9 Å². The summed E-state index contributed by atoms with van der Waals surface area (Å²) in [6.07, 6.45) is 3.21. The Kier molecular flexibility index (Phi) is 3.79. The third-order valence-electron chi connectivity index (χ3n) is 4.27. The lowest BCUT2D eigenvalue weighted by Crippen LogP contribution is -2.31. The van der Waals surface area contributed by atoms with E-state index in [0.29, 0.717) is 37.0 Å². The number of rotatable bonds is 3. The zero-order chi connectivity index (χ0) is 16.5. The molecule has 24 heavy (non-hydrogen) atoms. The maximum atomic E-state index is 12.7. The van der Waals surface area contributed by atoms with Gasteiger partial charge in [0, 0.05) is 32.0 Å². The Morgan fingerprint density at radius 2 is 2.25 bits per heavy atom. The summed E-state index contributed by atoms with van der Waals surface area (Å²) < 4.78 is 13.2. The van der Waals surface area contributed by atoms with Crippen LogP contribution >= 0.6 is 0 Å². The molecule has 8 nitrogen and oxygen atoms in total. The molecule has 0 spiro atoms. The van der Waals surface area contributed by atoms with Gasteiger partial charge in [0.1, 0.15) is 11.7 Å². The largest absolute Gasteiger partial charge is 0.477 e. The molecule has 0 N–H and O–H groups in total. The highest BCUT2D eigenvalue weighted by Crippen LogP contribution is 2.26. The van der Waals surface area contributed by atoms with Crippen LogP contribution in [-0.4, -0.2) is 56.6 Å². The maximum absolute atomic E-state index is 12.7. The van der Waals surface area contributed by atoms with E-state index in [1.807, 2.05) is 13.0 Å². The number of aryl methyl sites for hydroxylation is 2. The highest BCUT2D eigenvalue weighted by molar-refractivity contribution is 5.96. The van der Waals surface area contributed by atoms with Crippen molar-refractivity contribution in [2.45, 2.75) is 32.4 Å². The van der Waals surface area contributed by atoms with Gasteiger partial charge < -0.3 is 14.4 Å². The predicted octanol–water partition coefficient (Wildman–Crippen LogP) is 1.06. The lowest BCUT2D eigenvalue weighted by molar-refractivity contribution is 0.0764. The summed E-state index contributed by atoms with van der Waals surface area (Å²) in [4.78, 5) is 14.5. The standard InChI is InChI=1S/C16H19N5O3/c1-11-3-4-14(19-18-11)24-12-5-7-20(10-12)15(22)13-9-17-21-6-2-8-23-16(13)21/h3-4,9,12H,2,5-8,10H2,1H3. The van der Waals surface area contributed by atoms with Crippen LogP contribution in [0, 0.1) is 6.92 Å². The van der Waals surface area contributed by atoms with E-state index in [2.05, 4.69) is 15.3 Å². The molecule has 2 aromatic heterocycles. The van der Waals surface area contributed by atoms with Crippen LogP contribution in [-0.2, 0) is 6.54 Å². The van der Waals surface area contributed by atoms with E-state index in [4.69, 9.17) is 9.47 Å². The van der Waals surface area contributed by atoms with Gasteiger partial charge in [0.05, 0.1) is 25.0 Å². The molecule has 0 radical (unpaired) electrons. The Morgan fingerprint density at radius 1 is 1.33 bits per heavy atom. The molecule has 126 valence electrons. The molecule has 0 saturated carbocycles. The summed E-state index contributed by atoms with van der Waals surface area (Å²) in [6.45, 7) is 4.47. The zero-order valence-electron chi connectivity index (χ0n) is 13.5. The lowest BCUT2D eigenvalue weighted by Gasteiger charge is -2.19. The molecule has 1 fully saturated rings. The molecule has 0 aliphatic carbocycles. The van der Waals surface area contributed by atoms with Crippen molar-refractivity contribution in [3.8, 4) is 11.8 Å². The molecule has 2 aromatic rings. The van der Waals surface area contributed by atoms with Gasteiger partial charge in [0.15, 0.2) is 0 Å². The second kappa shape index (κ2) is 6.10. The van der Waals surface area contributed by atoms with E-state index in [-0.39, 0.29) is 12.0 Å². The van der Waals surface area contributed by atoms with Gasteiger partial charge in [0.2, 0.25) is 11.8 Å². The van der Waals surface area contributed by atoms with Crippen LogP contribution in [0.25, 0.3) is 0 Å². The number of nitrogens with zero attached hydrogens (tertiary/aromatic N) is 5. The molecule has 1 saturated heterocycles. The van der Waals surface area contributed by atoms with Crippen LogP contribution in [0.2, 0.25) is 0 Å². The third kappa shape index (κ3) is 2.79. The monoisotopic (exact) mass is 329 g/mol. The first-order valence-electron chi connectivity index (χ1n) is 8.15. The van der Waals surface area contributed by atoms with E-state index in [9.17, 15) is 4.79 Å². The van der Waals surface area contributed by atoms with E-state index in [0.717, 1.165) is 25.1 Å². The van der Waals surface area contributed by atoms with Gasteiger partial charge in [-0.25, -0.2) is 4.68 Å². The van der Waals surface area contributed by atoms with Crippen molar-refractivity contribution >= 4 is 5.91 Å². The Bertz CT molecular complexity index is 743. The summed E-state index contributed by atoms with van der Waals surface area (Å²) >= 11 is 0. The minimum absolute atomic E-state index is 0.0563. The number of likely N-dealkylation sites (tertiary alicyclic amines) is 1. The van der Waals surface area contributed by atoms with Crippen molar-refractivity contribution in [2.75, 3.05) is 19.7 Å². The van der Waals surface area contributed by atoms with E-state index in [1.165, 1.54) is 0 Å². The molecule has 4 rings (SSSR count). The summed E-state index contributed by atoms with van der Waals surface area (Å²) in [5, 5.41) is 12.2. The molecule has 0 bridgehead atoms. The third-order valence-corrected chi connectivity index (χ3v) is 4.27. The van der Waals surface area contributed by atoms with Crippen LogP contribution < -0.4 is 9.47 Å². The minimum atomic E-state index is -0.0710. The van der Waals surface area contributed by atoms with Crippen molar-refractivity contribution in [3.63, 3.8) is 0 Å². The quantitative estimate of drug-likeness (QED) is 0.837. The fraction of sp³-hybridized carbons (Fsp3) is 0.500. The Labute approximate surface area is 139 Å². The summed E-state index contributed by atoms with van der Waals surface area (Å²) in [6, 6.07) is 3.66. The molecule has 1 atom stereocenters. The highest BCUT2D eigenvalue weighted by atomic mass is 16.5. The average molecular weight is 329 g/mol. The smallest absolute Gasteiger partial charge is 0.261 e. The van der Waals surface area contributed by atoms with Gasteiger partial charge in [0.25, 0.3) is 5.91 Å². The molecular weight excluding hydrogens is 310 g/mol. The Hall–Kier alpha value is -2.64. The van der Waals surface area contributed by atoms with Gasteiger partial charge in [-0.1, -0.05) is 0 Å². The van der Waals surface area contributed by atoms with Gasteiger partial charge in [-0.2, -0.15) is 10.2 Å². The number of aromatic nitrogens is 4. The summed E-state index contributed by atoms with van der Waals surface area (Å²) in [7, 11) is 0. The topological polar surface area (TPSA) is 82.4 Å². The number of carbonyl (C=O) groups is 1. The van der Waals surface area contributed by atoms with Gasteiger partial charge in [-0.15, -0.1) is 5.10 Å². The lowest BCUT2D eigenvalue weighted by atomic mass is 10.3. The zero-order valence-corrected chi connectivity index (χ0v) is 13.5. The first-order valence-corrected chi connectivity index (χ1v) is 8.15. The van der Waals surface area contributed by atoms with E-state index < -0.39 is 0 Å². The average Bonchev–Trinajstić information content (AvgIpc) is 3.23. The van der Waals surface area contributed by atoms with Crippen LogP contribution in [0.4, 0.5) is 0 Å². The Balaban J connectivity index is 1.42. The van der Waals surface area contributed by atoms with Crippen molar-refractivity contribution in [3.05, 3.63) is 29.6 Å². The van der Waals surface area contributed by atoms with Crippen molar-refractivity contribution in [1.29, 1.82) is 0 Å². The molecule has 2 aliphatic heterocycles. The molecule has 1 amide bonds. The molecule has 8 heteroatoms. The minimum Gasteiger partial charge on any atom is -0.477 e. The number of hydrogen-bond acceptors (Lipinski definition) is 6. The van der Waals surface area contributed by atoms with Gasteiger partial charge in [-0.05, 0) is 13.0 Å². The van der Waals surface area contributed by atoms with E-state index in [1.54, 1.807) is 21.8 Å². The number of carbonyl (C=O) groups excluding carboxylic acids is 1. The number of fused-ring (bicyclic) bond motifs is 1. The van der Waals surface area contributed by atoms with Gasteiger partial charge in [-0.3, -0.25) is 4.79 Å². The second-order valence-electron chi connectivity index (χ2n) is 6.08. The maximum Gasteiger partial charge on any atom is 0.261 e. The number of ether oxygens (including phenoxy) is 2. The molecule has 1 unspecified atom stereocenters. The first-order chi connectivity index (χ1) is 11.7. The van der Waals surface area contributed by atoms with Crippen LogP contribution in [0.3, 0.4) is 0 Å². The molecule has 0 aromatic carbocycles. The van der Waals surface area contributed by atoms with Crippen LogP contribution in [0.5, 0.6) is 11.8 Å². The summed E-state index contributed by atoms with van der Waals surface area (Å²) in [5.41, 5.74) is 1.38. The van der Waals surface area contributed by atoms with Crippen molar-refractivity contribution in [2.24, 2.45) is 0 Å². The fourth-order valence-electron chi connectivity index (χ4n) is 3.02. The van der Waals surface area contributed by atoms with E-state index >= 15 is 0 Å². The fourth-order valence-corrected chi connectivity index (χ4v) is 3.02. The van der Waals surface area contributed by atoms with Crippen LogP contribution in [0.1, 0.15) is 28.9 Å². The predicted molar refractivity (Wildman–Crippen MR) is 84.0 cm³/mol. The molecule has 2 aliphatic rings. The van der Waals surface area contributed by atoms with Crippen LogP contribution in [0.15, 0.2) is 18.3 Å². The number of amides is 1. The number of hydrogen-bond donors (Lipinski definition) is 0. The Morgan fingerprint density at radius 3 is 3.08 bits per heavy atom. The first kappa shape index (κ1) is 14.9. The molecular formula is C16H19N5O3. The normalized spacial score (nSPS) is 19.7. The van der Waals surface area contributed by atoms with Crippen molar-refractivity contribution < 1.29 is 14.3 Å². The second-order valence-corrected chi connectivity index (χ2v) is 6.08. The van der Waals surface area contributed by atoms with Gasteiger partial charge >= 0.3 is 0 Å².